The van der Waals surface area contributed by atoms with Crippen LogP contribution in [-0.4, -0.2) is 30.5 Å². The molecular formula is C18H16F3NO2. The molecule has 0 aromatic heterocycles. The Kier molecular flexibility index (Phi) is 4.57. The van der Waals surface area contributed by atoms with Crippen molar-refractivity contribution in [2.75, 3.05) is 19.7 Å². The van der Waals surface area contributed by atoms with Crippen LogP contribution in [0.1, 0.15) is 27.6 Å². The Bertz CT molecular complexity index is 716. The van der Waals surface area contributed by atoms with Crippen LogP contribution in [0.3, 0.4) is 0 Å². The largest absolute Gasteiger partial charge is 0.417 e. The van der Waals surface area contributed by atoms with Crippen molar-refractivity contribution in [3.63, 3.8) is 0 Å². The summed E-state index contributed by atoms with van der Waals surface area (Å²) < 4.78 is 45.0. The third kappa shape index (κ3) is 3.43. The van der Waals surface area contributed by atoms with Gasteiger partial charge in [-0.05, 0) is 17.7 Å². The topological polar surface area (TPSA) is 29.5 Å². The number of rotatable bonds is 2. The number of amides is 1. The van der Waals surface area contributed by atoms with E-state index in [9.17, 15) is 18.0 Å². The molecule has 3 nitrogen and oxygen atoms in total. The van der Waals surface area contributed by atoms with Crippen molar-refractivity contribution < 1.29 is 22.7 Å². The van der Waals surface area contributed by atoms with Crippen LogP contribution >= 0.6 is 0 Å². The zero-order valence-corrected chi connectivity index (χ0v) is 12.8. The van der Waals surface area contributed by atoms with Crippen LogP contribution in [0.25, 0.3) is 0 Å². The number of carbonyl (C=O) groups excluding carboxylic acids is 1. The van der Waals surface area contributed by atoms with Gasteiger partial charge in [-0.2, -0.15) is 13.2 Å². The number of hydrogen-bond donors (Lipinski definition) is 0. The van der Waals surface area contributed by atoms with E-state index in [4.69, 9.17) is 4.74 Å². The highest BCUT2D eigenvalue weighted by Crippen LogP contribution is 2.33. The summed E-state index contributed by atoms with van der Waals surface area (Å²) in [5.74, 6) is -0.618. The van der Waals surface area contributed by atoms with E-state index in [-0.39, 0.29) is 24.8 Å². The van der Waals surface area contributed by atoms with E-state index in [1.165, 1.54) is 23.1 Å². The number of halogens is 3. The highest BCUT2D eigenvalue weighted by atomic mass is 19.4. The van der Waals surface area contributed by atoms with Crippen molar-refractivity contribution in [1.29, 1.82) is 0 Å². The van der Waals surface area contributed by atoms with Crippen molar-refractivity contribution in [1.82, 2.24) is 4.90 Å². The Balaban J connectivity index is 1.83. The van der Waals surface area contributed by atoms with Crippen molar-refractivity contribution in [2.24, 2.45) is 0 Å². The van der Waals surface area contributed by atoms with Crippen molar-refractivity contribution in [3.8, 4) is 0 Å². The molecule has 1 saturated heterocycles. The van der Waals surface area contributed by atoms with Crippen LogP contribution in [0.2, 0.25) is 0 Å². The minimum atomic E-state index is -4.56. The smallest absolute Gasteiger partial charge is 0.370 e. The first kappa shape index (κ1) is 16.5. The molecule has 1 fully saturated rings. The van der Waals surface area contributed by atoms with E-state index in [2.05, 4.69) is 0 Å². The molecule has 1 amide bonds. The number of nitrogens with zero attached hydrogens (tertiary/aromatic N) is 1. The molecule has 126 valence electrons. The summed E-state index contributed by atoms with van der Waals surface area (Å²) in [6.07, 6.45) is -4.89. The summed E-state index contributed by atoms with van der Waals surface area (Å²) in [6, 6.07) is 14.2. The normalized spacial score (nSPS) is 18.5. The average Bonchev–Trinajstić information content (AvgIpc) is 2.61. The van der Waals surface area contributed by atoms with Gasteiger partial charge in [0, 0.05) is 6.54 Å². The second-order valence-electron chi connectivity index (χ2n) is 5.56. The molecule has 1 atom stereocenters. The molecule has 1 heterocycles. The van der Waals surface area contributed by atoms with Crippen LogP contribution in [0.15, 0.2) is 54.6 Å². The monoisotopic (exact) mass is 335 g/mol. The Morgan fingerprint density at radius 2 is 1.71 bits per heavy atom. The minimum Gasteiger partial charge on any atom is -0.370 e. The predicted octanol–water partition coefficient (Wildman–Crippen LogP) is 3.92. The fraction of sp³-hybridized carbons (Fsp3) is 0.278. The maximum absolute atomic E-state index is 13.1. The summed E-state index contributed by atoms with van der Waals surface area (Å²) >= 11 is 0. The van der Waals surface area contributed by atoms with Crippen LogP contribution in [0, 0.1) is 0 Å². The van der Waals surface area contributed by atoms with Crippen molar-refractivity contribution in [2.45, 2.75) is 12.3 Å². The molecule has 24 heavy (non-hydrogen) atoms. The lowest BCUT2D eigenvalue weighted by molar-refractivity contribution is -0.138. The van der Waals surface area contributed by atoms with Crippen LogP contribution in [-0.2, 0) is 10.9 Å². The maximum atomic E-state index is 13.1. The van der Waals surface area contributed by atoms with Gasteiger partial charge in [-0.25, -0.2) is 0 Å². The van der Waals surface area contributed by atoms with Crippen molar-refractivity contribution in [3.05, 3.63) is 71.3 Å². The lowest BCUT2D eigenvalue weighted by Crippen LogP contribution is -2.42. The number of hydrogen-bond acceptors (Lipinski definition) is 2. The molecule has 1 aliphatic rings. The van der Waals surface area contributed by atoms with E-state index < -0.39 is 17.6 Å². The fourth-order valence-electron chi connectivity index (χ4n) is 2.79. The number of alkyl halides is 3. The molecule has 2 aromatic carbocycles. The highest BCUT2D eigenvalue weighted by molar-refractivity contribution is 5.96. The number of ether oxygens (including phenoxy) is 1. The predicted molar refractivity (Wildman–Crippen MR) is 82.5 cm³/mol. The zero-order chi connectivity index (χ0) is 17.2. The SMILES string of the molecule is O=C(c1ccccc1C(F)(F)F)N1CCO[C@H](c2ccccc2)C1. The van der Waals surface area contributed by atoms with Gasteiger partial charge in [0.05, 0.1) is 24.3 Å². The lowest BCUT2D eigenvalue weighted by Gasteiger charge is -2.33. The van der Waals surface area contributed by atoms with E-state index >= 15 is 0 Å². The highest BCUT2D eigenvalue weighted by Gasteiger charge is 2.36. The summed E-state index contributed by atoms with van der Waals surface area (Å²) in [6.45, 7) is 0.795. The third-order valence-electron chi connectivity index (χ3n) is 3.99. The van der Waals surface area contributed by atoms with E-state index in [1.54, 1.807) is 0 Å². The Morgan fingerprint density at radius 1 is 1.04 bits per heavy atom. The van der Waals surface area contributed by atoms with Crippen LogP contribution in [0.5, 0.6) is 0 Å². The Hall–Kier alpha value is -2.34. The molecule has 0 saturated carbocycles. The number of morpholine rings is 1. The molecule has 0 radical (unpaired) electrons. The first-order valence-electron chi connectivity index (χ1n) is 7.59. The Morgan fingerprint density at radius 3 is 2.42 bits per heavy atom. The quantitative estimate of drug-likeness (QED) is 0.832. The van der Waals surface area contributed by atoms with Gasteiger partial charge in [-0.1, -0.05) is 42.5 Å². The fourth-order valence-corrected chi connectivity index (χ4v) is 2.79. The molecule has 1 aliphatic heterocycles. The van der Waals surface area contributed by atoms with Gasteiger partial charge in [0.1, 0.15) is 6.10 Å². The number of carbonyl (C=O) groups is 1. The van der Waals surface area contributed by atoms with Crippen molar-refractivity contribution >= 4 is 5.91 Å². The average molecular weight is 335 g/mol. The van der Waals surface area contributed by atoms with Gasteiger partial charge in [0.25, 0.3) is 5.91 Å². The summed E-state index contributed by atoms with van der Waals surface area (Å²) in [7, 11) is 0. The molecule has 0 spiro atoms. The zero-order valence-electron chi connectivity index (χ0n) is 12.8. The molecule has 3 rings (SSSR count). The summed E-state index contributed by atoms with van der Waals surface area (Å²) in [4.78, 5) is 14.0. The summed E-state index contributed by atoms with van der Waals surface area (Å²) in [5.41, 5.74) is -0.324. The van der Waals surface area contributed by atoms with Crippen LogP contribution in [0.4, 0.5) is 13.2 Å². The van der Waals surface area contributed by atoms with E-state index in [0.29, 0.717) is 6.61 Å². The lowest BCUT2D eigenvalue weighted by atomic mass is 10.0. The molecule has 0 aliphatic carbocycles. The Labute approximate surface area is 137 Å². The van der Waals surface area contributed by atoms with Gasteiger partial charge in [0.2, 0.25) is 0 Å². The van der Waals surface area contributed by atoms with Gasteiger partial charge in [-0.3, -0.25) is 4.79 Å². The second-order valence-corrected chi connectivity index (χ2v) is 5.56. The first-order chi connectivity index (χ1) is 11.5. The third-order valence-corrected chi connectivity index (χ3v) is 3.99. The maximum Gasteiger partial charge on any atom is 0.417 e. The second kappa shape index (κ2) is 6.65. The molecule has 6 heteroatoms. The summed E-state index contributed by atoms with van der Waals surface area (Å²) in [5, 5.41) is 0. The first-order valence-corrected chi connectivity index (χ1v) is 7.59. The molecule has 0 N–H and O–H groups in total. The standard InChI is InChI=1S/C18H16F3NO2/c19-18(20,21)15-9-5-4-8-14(15)17(23)22-10-11-24-16(12-22)13-6-2-1-3-7-13/h1-9,16H,10-12H2/t16-/m0/s1. The minimum absolute atomic E-state index is 0.231. The molecule has 0 bridgehead atoms. The van der Waals surface area contributed by atoms with Gasteiger partial charge >= 0.3 is 6.18 Å². The molecular weight excluding hydrogens is 319 g/mol. The number of benzene rings is 2. The molecule has 2 aromatic rings. The molecule has 0 unspecified atom stereocenters. The van der Waals surface area contributed by atoms with Gasteiger partial charge in [0.15, 0.2) is 0 Å². The van der Waals surface area contributed by atoms with Gasteiger partial charge < -0.3 is 9.64 Å². The van der Waals surface area contributed by atoms with E-state index in [0.717, 1.165) is 11.6 Å². The van der Waals surface area contributed by atoms with E-state index in [1.807, 2.05) is 30.3 Å². The van der Waals surface area contributed by atoms with Crippen LogP contribution < -0.4 is 0 Å². The van der Waals surface area contributed by atoms with Gasteiger partial charge in [-0.15, -0.1) is 0 Å².